The van der Waals surface area contributed by atoms with E-state index in [0.717, 1.165) is 0 Å². The lowest BCUT2D eigenvalue weighted by atomic mass is 10.2. The van der Waals surface area contributed by atoms with Crippen LogP contribution in [-0.4, -0.2) is 169 Å². The maximum Gasteiger partial charge on any atom is 0.119 e. The van der Waals surface area contributed by atoms with E-state index in [2.05, 4.69) is 19.6 Å². The number of hydrogen-bond acceptors (Lipinski definition) is 12. The molecule has 0 aromatic heterocycles. The van der Waals surface area contributed by atoms with Gasteiger partial charge in [-0.1, -0.05) is 72.8 Å². The number of para-hydroxylation sites is 4. The molecule has 1 aliphatic rings. The highest BCUT2D eigenvalue weighted by Crippen LogP contribution is 2.13. The molecule has 4 N–H and O–H groups in total. The number of β-amino-alcohol motifs (C(OH)–C–C–N with tert-alkyl or cyclic N) is 4. The molecule has 0 spiro atoms. The molecule has 0 bridgehead atoms. The van der Waals surface area contributed by atoms with E-state index in [-0.39, 0.29) is 26.4 Å². The summed E-state index contributed by atoms with van der Waals surface area (Å²) in [4.78, 5) is 8.90. The monoisotopic (exact) mass is 772 g/mol. The number of rotatable bonds is 20. The van der Waals surface area contributed by atoms with Crippen LogP contribution in [-0.2, 0) is 0 Å². The molecule has 0 amide bonds. The number of aliphatic hydroxyl groups is 4. The zero-order valence-corrected chi connectivity index (χ0v) is 32.4. The predicted octanol–water partition coefficient (Wildman–Crippen LogP) is 2.97. The lowest BCUT2D eigenvalue weighted by Crippen LogP contribution is -2.51. The smallest absolute Gasteiger partial charge is 0.119 e. The molecule has 1 aliphatic heterocycles. The summed E-state index contributed by atoms with van der Waals surface area (Å²) in [6.45, 7) is 7.29. The van der Waals surface area contributed by atoms with Crippen LogP contribution < -0.4 is 18.9 Å². The lowest BCUT2D eigenvalue weighted by Gasteiger charge is -2.36. The molecule has 0 unspecified atom stereocenters. The fraction of sp³-hybridized carbons (Fsp3) is 0.455. The summed E-state index contributed by atoms with van der Waals surface area (Å²) in [7, 11) is 0. The van der Waals surface area contributed by atoms with Gasteiger partial charge in [0.05, 0.1) is 0 Å². The third kappa shape index (κ3) is 16.9. The van der Waals surface area contributed by atoms with E-state index in [1.807, 2.05) is 121 Å². The Labute approximate surface area is 332 Å². The summed E-state index contributed by atoms with van der Waals surface area (Å²) >= 11 is 0. The largest absolute Gasteiger partial charge is 0.491 e. The van der Waals surface area contributed by atoms with E-state index < -0.39 is 24.4 Å². The standard InChI is InChI=1S/C44H60N4O8/c49-37(33-53-41-13-5-1-6-14-41)29-45-21-23-46(30-38(50)34-54-42-15-7-2-8-16-42)25-27-48(32-40(52)36-56-44-19-11-4-12-20-44)28-26-47(24-22-45)31-39(51)35-55-43-17-9-3-10-18-43/h1-20,37-40,49-52H,21-36H2/t37-,38-,39-,40-/m0/s1. The van der Waals surface area contributed by atoms with Gasteiger partial charge in [-0.25, -0.2) is 0 Å². The van der Waals surface area contributed by atoms with E-state index in [1.165, 1.54) is 0 Å². The van der Waals surface area contributed by atoms with Crippen LogP contribution in [0.4, 0.5) is 0 Å². The van der Waals surface area contributed by atoms with E-state index in [1.54, 1.807) is 0 Å². The van der Waals surface area contributed by atoms with Gasteiger partial charge in [0.25, 0.3) is 0 Å². The quantitative estimate of drug-likeness (QED) is 0.105. The average Bonchev–Trinajstić information content (AvgIpc) is 3.23. The van der Waals surface area contributed by atoms with Gasteiger partial charge in [-0.3, -0.25) is 19.6 Å². The molecular formula is C44H60N4O8. The Hall–Kier alpha value is -4.24. The van der Waals surface area contributed by atoms with E-state index in [9.17, 15) is 20.4 Å². The molecule has 5 rings (SSSR count). The molecule has 12 heteroatoms. The first kappa shape index (κ1) is 42.9. The van der Waals surface area contributed by atoms with E-state index in [4.69, 9.17) is 18.9 Å². The van der Waals surface area contributed by atoms with Crippen molar-refractivity contribution in [3.8, 4) is 23.0 Å². The van der Waals surface area contributed by atoms with Crippen molar-refractivity contribution in [3.05, 3.63) is 121 Å². The summed E-state index contributed by atoms with van der Waals surface area (Å²) in [5.41, 5.74) is 0. The fourth-order valence-electron chi connectivity index (χ4n) is 6.55. The molecule has 4 atom stereocenters. The van der Waals surface area contributed by atoms with Gasteiger partial charge in [0.15, 0.2) is 0 Å². The molecule has 1 fully saturated rings. The van der Waals surface area contributed by atoms with Crippen molar-refractivity contribution in [2.75, 3.05) is 105 Å². The van der Waals surface area contributed by atoms with Gasteiger partial charge in [-0.2, -0.15) is 0 Å². The van der Waals surface area contributed by atoms with E-state index >= 15 is 0 Å². The maximum absolute atomic E-state index is 11.1. The van der Waals surface area contributed by atoms with Gasteiger partial charge in [0.1, 0.15) is 73.8 Å². The maximum atomic E-state index is 11.1. The Balaban J connectivity index is 1.26. The van der Waals surface area contributed by atoms with Crippen LogP contribution in [0.3, 0.4) is 0 Å². The number of nitrogens with zero attached hydrogens (tertiary/aromatic N) is 4. The minimum absolute atomic E-state index is 0.157. The Bertz CT molecular complexity index is 1330. The predicted molar refractivity (Wildman–Crippen MR) is 218 cm³/mol. The Kier molecular flexibility index (Phi) is 18.7. The third-order valence-corrected chi connectivity index (χ3v) is 9.55. The number of aliphatic hydroxyl groups excluding tert-OH is 4. The topological polar surface area (TPSA) is 131 Å². The van der Waals surface area contributed by atoms with Crippen LogP contribution in [0.2, 0.25) is 0 Å². The molecule has 0 radical (unpaired) electrons. The highest BCUT2D eigenvalue weighted by molar-refractivity contribution is 5.23. The van der Waals surface area contributed by atoms with Crippen molar-refractivity contribution in [3.63, 3.8) is 0 Å². The second kappa shape index (κ2) is 24.4. The number of hydrogen-bond donors (Lipinski definition) is 4. The van der Waals surface area contributed by atoms with Crippen molar-refractivity contribution in [1.82, 2.24) is 19.6 Å². The first-order valence-electron chi connectivity index (χ1n) is 19.7. The molecule has 304 valence electrons. The van der Waals surface area contributed by atoms with Gasteiger partial charge < -0.3 is 39.4 Å². The van der Waals surface area contributed by atoms with Crippen molar-refractivity contribution in [1.29, 1.82) is 0 Å². The Morgan fingerprint density at radius 2 is 0.500 bits per heavy atom. The zero-order valence-electron chi connectivity index (χ0n) is 32.4. The molecule has 1 saturated heterocycles. The van der Waals surface area contributed by atoms with Crippen LogP contribution in [0.25, 0.3) is 0 Å². The van der Waals surface area contributed by atoms with Gasteiger partial charge in [0.2, 0.25) is 0 Å². The molecular weight excluding hydrogens is 713 g/mol. The van der Waals surface area contributed by atoms with Gasteiger partial charge in [-0.15, -0.1) is 0 Å². The normalized spacial score (nSPS) is 17.8. The highest BCUT2D eigenvalue weighted by Gasteiger charge is 2.23. The average molecular weight is 773 g/mol. The van der Waals surface area contributed by atoms with Gasteiger partial charge in [0, 0.05) is 78.5 Å². The fourth-order valence-corrected chi connectivity index (χ4v) is 6.55. The van der Waals surface area contributed by atoms with Crippen LogP contribution in [0.15, 0.2) is 121 Å². The lowest BCUT2D eigenvalue weighted by molar-refractivity contribution is 0.0240. The zero-order chi connectivity index (χ0) is 39.2. The molecule has 4 aromatic rings. The van der Waals surface area contributed by atoms with Crippen LogP contribution in [0.5, 0.6) is 23.0 Å². The molecule has 0 saturated carbocycles. The highest BCUT2D eigenvalue weighted by atomic mass is 16.5. The van der Waals surface area contributed by atoms with Gasteiger partial charge >= 0.3 is 0 Å². The Morgan fingerprint density at radius 1 is 0.321 bits per heavy atom. The summed E-state index contributed by atoms with van der Waals surface area (Å²) in [5, 5.41) is 44.5. The minimum atomic E-state index is -0.727. The number of ether oxygens (including phenoxy) is 4. The molecule has 56 heavy (non-hydrogen) atoms. The second-order valence-electron chi connectivity index (χ2n) is 14.3. The minimum Gasteiger partial charge on any atom is -0.491 e. The molecule has 0 aliphatic carbocycles. The van der Waals surface area contributed by atoms with Crippen molar-refractivity contribution >= 4 is 0 Å². The Morgan fingerprint density at radius 3 is 0.679 bits per heavy atom. The molecule has 12 nitrogen and oxygen atoms in total. The summed E-state index contributed by atoms with van der Waals surface area (Å²) in [6.07, 6.45) is -2.91. The molecule has 1 heterocycles. The third-order valence-electron chi connectivity index (χ3n) is 9.55. The van der Waals surface area contributed by atoms with E-state index in [0.29, 0.717) is 102 Å². The van der Waals surface area contributed by atoms with Crippen LogP contribution >= 0.6 is 0 Å². The van der Waals surface area contributed by atoms with Crippen LogP contribution in [0, 0.1) is 0 Å². The second-order valence-corrected chi connectivity index (χ2v) is 14.3. The van der Waals surface area contributed by atoms with Crippen molar-refractivity contribution in [2.24, 2.45) is 0 Å². The summed E-state index contributed by atoms with van der Waals surface area (Å²) in [5.74, 6) is 2.82. The first-order valence-corrected chi connectivity index (χ1v) is 19.7. The van der Waals surface area contributed by atoms with Crippen molar-refractivity contribution in [2.45, 2.75) is 24.4 Å². The van der Waals surface area contributed by atoms with Crippen molar-refractivity contribution < 1.29 is 39.4 Å². The summed E-state index contributed by atoms with van der Waals surface area (Å²) in [6, 6.07) is 37.9. The summed E-state index contributed by atoms with van der Waals surface area (Å²) < 4.78 is 23.5. The molecule has 4 aromatic carbocycles. The number of benzene rings is 4. The first-order chi connectivity index (χ1) is 27.4. The van der Waals surface area contributed by atoms with Crippen LogP contribution in [0.1, 0.15) is 0 Å². The SMILES string of the molecule is O[C@H](COc1ccccc1)CN1CCN(C[C@H](O)COc2ccccc2)CCN(C[C@H](O)COc2ccccc2)CCN(C[C@H](O)COc2ccccc2)CC1. The van der Waals surface area contributed by atoms with Gasteiger partial charge in [-0.05, 0) is 48.5 Å².